The number of hydrogen-bond acceptors (Lipinski definition) is 6. The third kappa shape index (κ3) is 4.77. The van der Waals surface area contributed by atoms with Crippen LogP contribution in [0.3, 0.4) is 0 Å². The highest BCUT2D eigenvalue weighted by Gasteiger charge is 2.33. The molecule has 1 unspecified atom stereocenters. The molecule has 1 aromatic heterocycles. The van der Waals surface area contributed by atoms with Crippen molar-refractivity contribution in [2.24, 2.45) is 0 Å². The van der Waals surface area contributed by atoms with Crippen LogP contribution in [0, 0.1) is 10.1 Å². The van der Waals surface area contributed by atoms with Crippen molar-refractivity contribution >= 4 is 34.6 Å². The fraction of sp³-hybridized carbons (Fsp3) is 0.158. The normalized spacial score (nSPS) is 12.3. The van der Waals surface area contributed by atoms with Gasteiger partial charge < -0.3 is 10.6 Å². The number of anilines is 3. The Balaban J connectivity index is 1.95. The van der Waals surface area contributed by atoms with Gasteiger partial charge in [-0.2, -0.15) is 13.2 Å². The number of benzene rings is 2. The molecular formula is C19H15ClF3N5O2. The second-order valence-electron chi connectivity index (χ2n) is 6.27. The van der Waals surface area contributed by atoms with Crippen LogP contribution in [0.25, 0.3) is 0 Å². The van der Waals surface area contributed by atoms with E-state index in [9.17, 15) is 23.3 Å². The maximum Gasteiger partial charge on any atom is 0.417 e. The molecule has 2 N–H and O–H groups in total. The van der Waals surface area contributed by atoms with Crippen LogP contribution >= 0.6 is 11.6 Å². The van der Waals surface area contributed by atoms with Crippen molar-refractivity contribution in [1.82, 2.24) is 9.97 Å². The Morgan fingerprint density at radius 3 is 2.40 bits per heavy atom. The summed E-state index contributed by atoms with van der Waals surface area (Å²) < 4.78 is 39.3. The van der Waals surface area contributed by atoms with E-state index in [2.05, 4.69) is 20.6 Å². The molecule has 0 aliphatic carbocycles. The van der Waals surface area contributed by atoms with E-state index in [-0.39, 0.29) is 23.4 Å². The molecule has 7 nitrogen and oxygen atoms in total. The Labute approximate surface area is 174 Å². The topological polar surface area (TPSA) is 93.0 Å². The maximum atomic E-state index is 13.1. The molecule has 156 valence electrons. The van der Waals surface area contributed by atoms with E-state index in [1.807, 2.05) is 30.3 Å². The van der Waals surface area contributed by atoms with Gasteiger partial charge in [0.1, 0.15) is 6.33 Å². The number of hydrogen-bond donors (Lipinski definition) is 2. The van der Waals surface area contributed by atoms with Gasteiger partial charge >= 0.3 is 11.9 Å². The summed E-state index contributed by atoms with van der Waals surface area (Å²) in [7, 11) is 0. The van der Waals surface area contributed by atoms with Gasteiger partial charge in [-0.05, 0) is 30.7 Å². The zero-order valence-corrected chi connectivity index (χ0v) is 16.2. The highest BCUT2D eigenvalue weighted by molar-refractivity contribution is 6.31. The molecule has 0 fully saturated rings. The molecular weight excluding hydrogens is 423 g/mol. The molecule has 0 spiro atoms. The minimum Gasteiger partial charge on any atom is -0.358 e. The van der Waals surface area contributed by atoms with Gasteiger partial charge in [0.2, 0.25) is 11.6 Å². The van der Waals surface area contributed by atoms with E-state index < -0.39 is 27.4 Å². The maximum absolute atomic E-state index is 13.1. The molecule has 0 aliphatic rings. The first-order chi connectivity index (χ1) is 14.2. The van der Waals surface area contributed by atoms with Crippen molar-refractivity contribution < 1.29 is 18.1 Å². The number of nitrogens with one attached hydrogen (secondary N) is 2. The predicted molar refractivity (Wildman–Crippen MR) is 107 cm³/mol. The first-order valence-electron chi connectivity index (χ1n) is 8.61. The molecule has 3 aromatic rings. The largest absolute Gasteiger partial charge is 0.417 e. The second-order valence-corrected chi connectivity index (χ2v) is 6.68. The number of halogens is 4. The number of aromatic nitrogens is 2. The van der Waals surface area contributed by atoms with Crippen LogP contribution in [-0.4, -0.2) is 14.9 Å². The summed E-state index contributed by atoms with van der Waals surface area (Å²) in [4.78, 5) is 18.7. The average molecular weight is 438 g/mol. The lowest BCUT2D eigenvalue weighted by molar-refractivity contribution is -0.383. The molecule has 0 amide bonds. The van der Waals surface area contributed by atoms with Gasteiger partial charge in [-0.25, -0.2) is 9.97 Å². The van der Waals surface area contributed by atoms with Crippen molar-refractivity contribution in [3.63, 3.8) is 0 Å². The Kier molecular flexibility index (Phi) is 6.06. The highest BCUT2D eigenvalue weighted by atomic mass is 35.5. The highest BCUT2D eigenvalue weighted by Crippen LogP contribution is 2.38. The zero-order chi connectivity index (χ0) is 21.9. The SMILES string of the molecule is CC(Nc1ncnc(Nc2ccc(Cl)c(C(F)(F)F)c2)c1[N+](=O)[O-])c1ccccc1. The van der Waals surface area contributed by atoms with E-state index >= 15 is 0 Å². The molecule has 0 radical (unpaired) electrons. The van der Waals surface area contributed by atoms with Gasteiger partial charge in [0, 0.05) is 5.69 Å². The van der Waals surface area contributed by atoms with Crippen LogP contribution in [0.5, 0.6) is 0 Å². The fourth-order valence-electron chi connectivity index (χ4n) is 2.74. The van der Waals surface area contributed by atoms with Crippen molar-refractivity contribution in [2.75, 3.05) is 10.6 Å². The average Bonchev–Trinajstić information content (AvgIpc) is 2.69. The second kappa shape index (κ2) is 8.54. The lowest BCUT2D eigenvalue weighted by Gasteiger charge is -2.16. The molecule has 0 bridgehead atoms. The summed E-state index contributed by atoms with van der Waals surface area (Å²) in [6, 6.07) is 11.9. The Morgan fingerprint density at radius 1 is 1.10 bits per heavy atom. The van der Waals surface area contributed by atoms with Crippen LogP contribution in [-0.2, 0) is 6.18 Å². The molecule has 11 heteroatoms. The Bertz CT molecular complexity index is 1060. The van der Waals surface area contributed by atoms with E-state index in [1.165, 1.54) is 6.07 Å². The van der Waals surface area contributed by atoms with Crippen molar-refractivity contribution in [3.8, 4) is 0 Å². The molecule has 2 aromatic carbocycles. The third-order valence-electron chi connectivity index (χ3n) is 4.19. The number of nitro groups is 1. The van der Waals surface area contributed by atoms with Crippen LogP contribution in [0.2, 0.25) is 5.02 Å². The lowest BCUT2D eigenvalue weighted by atomic mass is 10.1. The molecule has 0 saturated carbocycles. The number of nitrogens with zero attached hydrogens (tertiary/aromatic N) is 3. The quantitative estimate of drug-likeness (QED) is 0.364. The van der Waals surface area contributed by atoms with Crippen LogP contribution in [0.1, 0.15) is 24.1 Å². The monoisotopic (exact) mass is 437 g/mol. The zero-order valence-electron chi connectivity index (χ0n) is 15.4. The van der Waals surface area contributed by atoms with Gasteiger partial charge in [0.25, 0.3) is 0 Å². The van der Waals surface area contributed by atoms with E-state index in [1.54, 1.807) is 6.92 Å². The van der Waals surface area contributed by atoms with Crippen molar-refractivity contribution in [3.05, 3.63) is 81.1 Å². The molecule has 3 rings (SSSR count). The smallest absolute Gasteiger partial charge is 0.358 e. The number of alkyl halides is 3. The van der Waals surface area contributed by atoms with Crippen molar-refractivity contribution in [1.29, 1.82) is 0 Å². The van der Waals surface area contributed by atoms with Crippen LogP contribution in [0.15, 0.2) is 54.9 Å². The Morgan fingerprint density at radius 2 is 1.77 bits per heavy atom. The fourth-order valence-corrected chi connectivity index (χ4v) is 2.96. The Hall–Kier alpha value is -3.40. The first kappa shape index (κ1) is 21.3. The third-order valence-corrected chi connectivity index (χ3v) is 4.52. The predicted octanol–water partition coefficient (Wildman–Crippen LogP) is 5.97. The minimum absolute atomic E-state index is 0.0596. The summed E-state index contributed by atoms with van der Waals surface area (Å²) in [6.45, 7) is 1.79. The molecule has 1 heterocycles. The van der Waals surface area contributed by atoms with Gasteiger partial charge in [0.15, 0.2) is 0 Å². The van der Waals surface area contributed by atoms with Gasteiger partial charge in [-0.1, -0.05) is 41.9 Å². The molecule has 0 saturated heterocycles. The standard InChI is InChI=1S/C19H15ClF3N5O2/c1-11(12-5-3-2-4-6-12)26-17-16(28(29)30)18(25-10-24-17)27-13-7-8-15(20)14(9-13)19(21,22)23/h2-11H,1H3,(H2,24,25,26,27). The van der Waals surface area contributed by atoms with Crippen molar-refractivity contribution in [2.45, 2.75) is 19.1 Å². The lowest BCUT2D eigenvalue weighted by Crippen LogP contribution is -2.12. The van der Waals surface area contributed by atoms with Crippen LogP contribution in [0.4, 0.5) is 36.2 Å². The van der Waals surface area contributed by atoms with Gasteiger partial charge in [-0.15, -0.1) is 0 Å². The molecule has 0 aliphatic heterocycles. The van der Waals surface area contributed by atoms with E-state index in [0.29, 0.717) is 0 Å². The molecule has 30 heavy (non-hydrogen) atoms. The van der Waals surface area contributed by atoms with E-state index in [0.717, 1.165) is 24.0 Å². The summed E-state index contributed by atoms with van der Waals surface area (Å²) in [6.07, 6.45) is -3.60. The first-order valence-corrected chi connectivity index (χ1v) is 8.99. The van der Waals surface area contributed by atoms with Gasteiger partial charge in [-0.3, -0.25) is 10.1 Å². The summed E-state index contributed by atoms with van der Waals surface area (Å²) in [5.74, 6) is -0.327. The minimum atomic E-state index is -4.68. The summed E-state index contributed by atoms with van der Waals surface area (Å²) in [5.41, 5.74) is -0.756. The summed E-state index contributed by atoms with van der Waals surface area (Å²) >= 11 is 5.61. The van der Waals surface area contributed by atoms with Gasteiger partial charge in [0.05, 0.1) is 21.6 Å². The number of rotatable bonds is 6. The van der Waals surface area contributed by atoms with Crippen LogP contribution < -0.4 is 10.6 Å². The molecule has 1 atom stereocenters. The summed E-state index contributed by atoms with van der Waals surface area (Å²) in [5, 5.41) is 16.7. The van der Waals surface area contributed by atoms with E-state index in [4.69, 9.17) is 11.6 Å².